The smallest absolute Gasteiger partial charge is 0.271 e. The van der Waals surface area contributed by atoms with Crippen LogP contribution in [-0.2, 0) is 0 Å². The summed E-state index contributed by atoms with van der Waals surface area (Å²) in [7, 11) is 0. The quantitative estimate of drug-likeness (QED) is 0.526. The number of carbonyl (C=O) groups excluding carboxylic acids is 1. The van der Waals surface area contributed by atoms with Crippen LogP contribution in [0.2, 0.25) is 5.02 Å². The van der Waals surface area contributed by atoms with Gasteiger partial charge in [-0.05, 0) is 23.8 Å². The molecular weight excluding hydrogens is 348 g/mol. The van der Waals surface area contributed by atoms with E-state index in [1.165, 1.54) is 0 Å². The van der Waals surface area contributed by atoms with E-state index in [1.54, 1.807) is 24.3 Å². The molecule has 0 aliphatic heterocycles. The van der Waals surface area contributed by atoms with Gasteiger partial charge in [0.25, 0.3) is 5.91 Å². The minimum Gasteiger partial charge on any atom is -0.382 e. The van der Waals surface area contributed by atoms with E-state index in [9.17, 15) is 9.90 Å². The zero-order valence-corrected chi connectivity index (χ0v) is 14.6. The van der Waals surface area contributed by atoms with Gasteiger partial charge in [-0.2, -0.15) is 5.10 Å². The van der Waals surface area contributed by atoms with Crippen molar-refractivity contribution in [1.82, 2.24) is 5.43 Å². The van der Waals surface area contributed by atoms with Gasteiger partial charge in [0, 0.05) is 16.1 Å². The summed E-state index contributed by atoms with van der Waals surface area (Å²) in [4.78, 5) is 12.3. The molecule has 0 aromatic heterocycles. The molecule has 0 aliphatic carbocycles. The van der Waals surface area contributed by atoms with Crippen LogP contribution in [0.4, 0.5) is 0 Å². The first kappa shape index (κ1) is 17.9. The lowest BCUT2D eigenvalue weighted by Gasteiger charge is -2.15. The molecule has 0 spiro atoms. The Bertz CT molecular complexity index is 912. The van der Waals surface area contributed by atoms with Crippen molar-refractivity contribution in [3.05, 3.63) is 107 Å². The highest BCUT2D eigenvalue weighted by Crippen LogP contribution is 2.19. The van der Waals surface area contributed by atoms with E-state index in [4.69, 9.17) is 11.6 Å². The molecule has 0 bridgehead atoms. The number of carbonyl (C=O) groups is 1. The number of hydrazone groups is 1. The second-order valence-electron chi connectivity index (χ2n) is 5.63. The molecule has 0 fully saturated rings. The highest BCUT2D eigenvalue weighted by molar-refractivity contribution is 6.31. The highest BCUT2D eigenvalue weighted by atomic mass is 35.5. The Morgan fingerprint density at radius 1 is 0.885 bits per heavy atom. The van der Waals surface area contributed by atoms with Crippen LogP contribution in [0.1, 0.15) is 27.6 Å². The van der Waals surface area contributed by atoms with Crippen molar-refractivity contribution in [2.24, 2.45) is 5.10 Å². The lowest BCUT2D eigenvalue weighted by Crippen LogP contribution is -2.23. The molecule has 1 amide bonds. The molecule has 4 nitrogen and oxygen atoms in total. The van der Waals surface area contributed by atoms with Crippen molar-refractivity contribution >= 4 is 23.2 Å². The molecule has 1 atom stereocenters. The summed E-state index contributed by atoms with van der Waals surface area (Å²) >= 11 is 5.92. The van der Waals surface area contributed by atoms with Crippen molar-refractivity contribution in [1.29, 1.82) is 0 Å². The Morgan fingerprint density at radius 3 is 2.15 bits per heavy atom. The summed E-state index contributed by atoms with van der Waals surface area (Å²) in [6, 6.07) is 25.0. The molecule has 2 N–H and O–H groups in total. The number of hydrogen-bond acceptors (Lipinski definition) is 3. The van der Waals surface area contributed by atoms with Gasteiger partial charge in [0.05, 0.1) is 0 Å². The van der Waals surface area contributed by atoms with Crippen LogP contribution >= 0.6 is 11.6 Å². The van der Waals surface area contributed by atoms with Crippen LogP contribution in [0.3, 0.4) is 0 Å². The molecule has 0 radical (unpaired) electrons. The SMILES string of the molecule is O=C(NN=C(c1ccccc1)C(O)c1ccccc1)c1cccc(Cl)c1. The molecule has 130 valence electrons. The number of hydrogen-bond donors (Lipinski definition) is 2. The van der Waals surface area contributed by atoms with Gasteiger partial charge in [-0.1, -0.05) is 78.3 Å². The van der Waals surface area contributed by atoms with Crippen molar-refractivity contribution in [2.45, 2.75) is 6.10 Å². The van der Waals surface area contributed by atoms with Crippen LogP contribution in [0, 0.1) is 0 Å². The molecule has 5 heteroatoms. The largest absolute Gasteiger partial charge is 0.382 e. The maximum absolute atomic E-state index is 12.3. The summed E-state index contributed by atoms with van der Waals surface area (Å²) in [5.74, 6) is -0.402. The Hall–Kier alpha value is -2.95. The van der Waals surface area contributed by atoms with Crippen molar-refractivity contribution < 1.29 is 9.90 Å². The number of rotatable bonds is 5. The van der Waals surface area contributed by atoms with E-state index >= 15 is 0 Å². The monoisotopic (exact) mass is 364 g/mol. The predicted molar refractivity (Wildman–Crippen MR) is 103 cm³/mol. The number of nitrogens with zero attached hydrogens (tertiary/aromatic N) is 1. The Morgan fingerprint density at radius 2 is 1.50 bits per heavy atom. The van der Waals surface area contributed by atoms with E-state index < -0.39 is 12.0 Å². The number of amides is 1. The molecule has 0 heterocycles. The van der Waals surface area contributed by atoms with Gasteiger partial charge >= 0.3 is 0 Å². The predicted octanol–water partition coefficient (Wildman–Crippen LogP) is 4.21. The standard InChI is InChI=1S/C21H17ClN2O2/c22-18-13-7-12-17(14-18)21(26)24-23-19(15-8-3-1-4-9-15)20(25)16-10-5-2-6-11-16/h1-14,20,25H,(H,24,26). The molecule has 26 heavy (non-hydrogen) atoms. The zero-order valence-electron chi connectivity index (χ0n) is 13.8. The molecule has 0 saturated heterocycles. The van der Waals surface area contributed by atoms with E-state index in [2.05, 4.69) is 10.5 Å². The lowest BCUT2D eigenvalue weighted by atomic mass is 9.99. The summed E-state index contributed by atoms with van der Waals surface area (Å²) in [5.41, 5.74) is 4.66. The van der Waals surface area contributed by atoms with E-state index in [0.717, 1.165) is 5.56 Å². The maximum Gasteiger partial charge on any atom is 0.271 e. The fourth-order valence-corrected chi connectivity index (χ4v) is 2.68. The Balaban J connectivity index is 1.90. The average Bonchev–Trinajstić information content (AvgIpc) is 2.69. The summed E-state index contributed by atoms with van der Waals surface area (Å²) < 4.78 is 0. The van der Waals surface area contributed by atoms with Crippen molar-refractivity contribution in [3.63, 3.8) is 0 Å². The first-order valence-electron chi connectivity index (χ1n) is 8.07. The molecule has 3 aromatic rings. The van der Waals surface area contributed by atoms with Crippen LogP contribution in [0.15, 0.2) is 90.0 Å². The number of halogens is 1. The third-order valence-electron chi connectivity index (χ3n) is 3.81. The van der Waals surface area contributed by atoms with Gasteiger partial charge in [-0.15, -0.1) is 0 Å². The van der Waals surface area contributed by atoms with E-state index in [-0.39, 0.29) is 0 Å². The van der Waals surface area contributed by atoms with Crippen molar-refractivity contribution in [2.75, 3.05) is 0 Å². The second kappa shape index (κ2) is 8.43. The molecular formula is C21H17ClN2O2. The second-order valence-corrected chi connectivity index (χ2v) is 6.06. The summed E-state index contributed by atoms with van der Waals surface area (Å²) in [6.07, 6.45) is -0.974. The third-order valence-corrected chi connectivity index (χ3v) is 4.04. The lowest BCUT2D eigenvalue weighted by molar-refractivity contribution is 0.0954. The summed E-state index contributed by atoms with van der Waals surface area (Å²) in [6.45, 7) is 0. The maximum atomic E-state index is 12.3. The van der Waals surface area contributed by atoms with Gasteiger partial charge in [0.15, 0.2) is 0 Å². The van der Waals surface area contributed by atoms with Gasteiger partial charge in [0.2, 0.25) is 0 Å². The number of aliphatic hydroxyl groups excluding tert-OH is 1. The Labute approximate surface area is 156 Å². The first-order chi connectivity index (χ1) is 12.6. The fraction of sp³-hybridized carbons (Fsp3) is 0.0476. The fourth-order valence-electron chi connectivity index (χ4n) is 2.49. The minimum atomic E-state index is -0.974. The molecule has 0 saturated carbocycles. The van der Waals surface area contributed by atoms with E-state index in [1.807, 2.05) is 60.7 Å². The van der Waals surface area contributed by atoms with Gasteiger partial charge in [-0.3, -0.25) is 4.79 Å². The number of benzene rings is 3. The number of nitrogens with one attached hydrogen (secondary N) is 1. The zero-order chi connectivity index (χ0) is 18.4. The normalized spacial score (nSPS) is 12.5. The topological polar surface area (TPSA) is 61.7 Å². The van der Waals surface area contributed by atoms with Gasteiger partial charge in [-0.25, -0.2) is 5.43 Å². The van der Waals surface area contributed by atoms with Crippen LogP contribution in [0.25, 0.3) is 0 Å². The van der Waals surface area contributed by atoms with Crippen LogP contribution in [-0.4, -0.2) is 16.7 Å². The van der Waals surface area contributed by atoms with Gasteiger partial charge in [0.1, 0.15) is 11.8 Å². The highest BCUT2D eigenvalue weighted by Gasteiger charge is 2.18. The molecule has 3 rings (SSSR count). The van der Waals surface area contributed by atoms with E-state index in [0.29, 0.717) is 21.9 Å². The molecule has 3 aromatic carbocycles. The van der Waals surface area contributed by atoms with Crippen molar-refractivity contribution in [3.8, 4) is 0 Å². The van der Waals surface area contributed by atoms with Crippen LogP contribution < -0.4 is 5.43 Å². The first-order valence-corrected chi connectivity index (χ1v) is 8.45. The molecule has 0 aliphatic rings. The summed E-state index contributed by atoms with van der Waals surface area (Å²) in [5, 5.41) is 15.4. The number of aliphatic hydroxyl groups is 1. The molecule has 1 unspecified atom stereocenters. The van der Waals surface area contributed by atoms with Gasteiger partial charge < -0.3 is 5.11 Å². The average molecular weight is 365 g/mol. The Kier molecular flexibility index (Phi) is 5.79. The third kappa shape index (κ3) is 4.36. The minimum absolute atomic E-state index is 0.354. The van der Waals surface area contributed by atoms with Crippen LogP contribution in [0.5, 0.6) is 0 Å².